The third kappa shape index (κ3) is 4.88. The van der Waals surface area contributed by atoms with Gasteiger partial charge in [-0.05, 0) is 37.1 Å². The smallest absolute Gasteiger partial charge is 0.351 e. The Hall–Kier alpha value is -4.73. The zero-order valence-corrected chi connectivity index (χ0v) is 22.2. The molecule has 0 aliphatic carbocycles. The van der Waals surface area contributed by atoms with E-state index in [0.29, 0.717) is 5.56 Å². The summed E-state index contributed by atoms with van der Waals surface area (Å²) in [6, 6.07) is 15.2. The Labute approximate surface area is 229 Å². The Morgan fingerprint density at radius 1 is 1.10 bits per heavy atom. The fraction of sp³-hybridized carbons (Fsp3) is 0.267. The first-order chi connectivity index (χ1) is 19.3. The van der Waals surface area contributed by atoms with E-state index in [0.717, 1.165) is 11.1 Å². The van der Waals surface area contributed by atoms with Gasteiger partial charge in [0.1, 0.15) is 23.5 Å². The highest BCUT2D eigenvalue weighted by atomic mass is 19.1. The number of nitrogens with zero attached hydrogens (tertiary/aromatic N) is 2. The first-order valence-electron chi connectivity index (χ1n) is 12.7. The lowest BCUT2D eigenvalue weighted by Gasteiger charge is -2.35. The lowest BCUT2D eigenvalue weighted by molar-refractivity contribution is -0.159. The third-order valence-corrected chi connectivity index (χ3v) is 6.67. The Kier molecular flexibility index (Phi) is 7.25. The highest BCUT2D eigenvalue weighted by Crippen LogP contribution is 2.41. The zero-order chi connectivity index (χ0) is 28.4. The van der Waals surface area contributed by atoms with Crippen LogP contribution < -0.4 is 15.0 Å². The molecule has 0 radical (unpaired) electrons. The summed E-state index contributed by atoms with van der Waals surface area (Å²) in [6.45, 7) is 2.99. The molecule has 0 N–H and O–H groups in total. The number of esters is 2. The van der Waals surface area contributed by atoms with Crippen molar-refractivity contribution in [1.82, 2.24) is 9.55 Å². The Bertz CT molecular complexity index is 1650. The number of pyridine rings is 2. The molecule has 0 unspecified atom stereocenters. The van der Waals surface area contributed by atoms with Crippen molar-refractivity contribution in [3.8, 4) is 11.5 Å². The second kappa shape index (κ2) is 10.8. The average molecular weight is 547 g/mol. The summed E-state index contributed by atoms with van der Waals surface area (Å²) in [4.78, 5) is 44.5. The van der Waals surface area contributed by atoms with E-state index in [9.17, 15) is 18.8 Å². The van der Waals surface area contributed by atoms with Gasteiger partial charge < -0.3 is 18.9 Å². The van der Waals surface area contributed by atoms with E-state index >= 15 is 0 Å². The summed E-state index contributed by atoms with van der Waals surface area (Å²) >= 11 is 0. The van der Waals surface area contributed by atoms with Crippen LogP contribution in [0.4, 0.5) is 4.39 Å². The van der Waals surface area contributed by atoms with Crippen molar-refractivity contribution in [2.24, 2.45) is 0 Å². The van der Waals surface area contributed by atoms with E-state index in [2.05, 4.69) is 4.98 Å². The molecule has 4 aromatic rings. The lowest BCUT2D eigenvalue weighted by atomic mass is 9.99. The molecule has 0 fully saturated rings. The van der Waals surface area contributed by atoms with E-state index in [1.165, 1.54) is 36.9 Å². The van der Waals surface area contributed by atoms with Gasteiger partial charge in [-0.2, -0.15) is 0 Å². The van der Waals surface area contributed by atoms with Crippen LogP contribution in [0.1, 0.15) is 40.9 Å². The SMILES string of the molecule is CCOC(=O)c1c(OCc2ccccc2)c2ncc(Cc3ccc(F)cc3)c3c2n(c1=O)C[C@@](C)(C(=O)OC)O3. The molecule has 2 aromatic heterocycles. The number of rotatable bonds is 8. The van der Waals surface area contributed by atoms with Gasteiger partial charge in [-0.1, -0.05) is 42.5 Å². The van der Waals surface area contributed by atoms with E-state index in [1.807, 2.05) is 30.3 Å². The van der Waals surface area contributed by atoms with Crippen molar-refractivity contribution >= 4 is 23.0 Å². The minimum atomic E-state index is -1.59. The quantitative estimate of drug-likeness (QED) is 0.303. The van der Waals surface area contributed by atoms with Crippen molar-refractivity contribution in [3.05, 3.63) is 99.2 Å². The molecule has 5 rings (SSSR count). The average Bonchev–Trinajstić information content (AvgIpc) is 2.96. The molecule has 0 amide bonds. The molecule has 40 heavy (non-hydrogen) atoms. The number of hydrogen-bond acceptors (Lipinski definition) is 8. The molecule has 0 saturated heterocycles. The summed E-state index contributed by atoms with van der Waals surface area (Å²) < 4.78 is 37.4. The van der Waals surface area contributed by atoms with Crippen LogP contribution in [0, 0.1) is 5.82 Å². The van der Waals surface area contributed by atoms with Crippen molar-refractivity contribution < 1.29 is 32.9 Å². The van der Waals surface area contributed by atoms with Gasteiger partial charge in [-0.15, -0.1) is 0 Å². The molecule has 1 aliphatic heterocycles. The Morgan fingerprint density at radius 3 is 2.50 bits per heavy atom. The summed E-state index contributed by atoms with van der Waals surface area (Å²) in [6.07, 6.45) is 1.80. The standard InChI is InChI=1S/C30H27FN2O7/c1-4-38-28(35)22-26(39-16-19-8-6-5-7-9-19)23-24-25(20(15-32-23)14-18-10-12-21(31)13-11-18)40-30(2,29(36)37-3)17-33(24)27(22)34/h5-13,15H,4,14,16-17H2,1-3H3/t30-/m0/s1. The maximum absolute atomic E-state index is 14.0. The predicted octanol–water partition coefficient (Wildman–Crippen LogP) is 4.21. The molecule has 3 heterocycles. The van der Waals surface area contributed by atoms with E-state index in [-0.39, 0.29) is 60.1 Å². The number of hydrogen-bond donors (Lipinski definition) is 0. The monoisotopic (exact) mass is 546 g/mol. The summed E-state index contributed by atoms with van der Waals surface area (Å²) in [7, 11) is 1.22. The molecule has 0 spiro atoms. The number of carbonyl (C=O) groups is 2. The first kappa shape index (κ1) is 26.9. The second-order valence-electron chi connectivity index (χ2n) is 9.53. The molecule has 2 aromatic carbocycles. The number of benzene rings is 2. The maximum Gasteiger partial charge on any atom is 0.351 e. The Morgan fingerprint density at radius 2 is 1.82 bits per heavy atom. The highest BCUT2D eigenvalue weighted by Gasteiger charge is 2.44. The minimum absolute atomic E-state index is 0.0344. The summed E-state index contributed by atoms with van der Waals surface area (Å²) in [5, 5.41) is 0. The fourth-order valence-electron chi connectivity index (χ4n) is 4.74. The molecule has 1 aliphatic rings. The number of ether oxygens (including phenoxy) is 4. The maximum atomic E-state index is 14.0. The molecule has 10 heteroatoms. The molecular weight excluding hydrogens is 519 g/mol. The Balaban J connectivity index is 1.75. The summed E-state index contributed by atoms with van der Waals surface area (Å²) in [5.74, 6) is -1.78. The molecule has 9 nitrogen and oxygen atoms in total. The van der Waals surface area contributed by atoms with Gasteiger partial charge in [0.2, 0.25) is 5.60 Å². The van der Waals surface area contributed by atoms with Crippen LogP contribution in [0.3, 0.4) is 0 Å². The van der Waals surface area contributed by atoms with Crippen LogP contribution in [0.5, 0.6) is 11.5 Å². The second-order valence-corrected chi connectivity index (χ2v) is 9.53. The van der Waals surface area contributed by atoms with Gasteiger partial charge >= 0.3 is 11.9 Å². The number of aromatic nitrogens is 2. The molecule has 0 saturated carbocycles. The van der Waals surface area contributed by atoms with Crippen LogP contribution in [0.15, 0.2) is 65.6 Å². The van der Waals surface area contributed by atoms with Gasteiger partial charge in [-0.25, -0.2) is 14.0 Å². The van der Waals surface area contributed by atoms with E-state index < -0.39 is 23.1 Å². The fourth-order valence-corrected chi connectivity index (χ4v) is 4.74. The lowest BCUT2D eigenvalue weighted by Crippen LogP contribution is -2.51. The van der Waals surface area contributed by atoms with Gasteiger partial charge in [0.05, 0.1) is 20.3 Å². The largest absolute Gasteiger partial charge is 0.485 e. The molecule has 206 valence electrons. The van der Waals surface area contributed by atoms with E-state index in [1.54, 1.807) is 19.1 Å². The van der Waals surface area contributed by atoms with Crippen molar-refractivity contribution in [1.29, 1.82) is 0 Å². The normalized spacial score (nSPS) is 15.8. The van der Waals surface area contributed by atoms with Crippen LogP contribution >= 0.6 is 0 Å². The van der Waals surface area contributed by atoms with Crippen molar-refractivity contribution in [3.63, 3.8) is 0 Å². The molecular formula is C30H27FN2O7. The molecule has 1 atom stereocenters. The highest BCUT2D eigenvalue weighted by molar-refractivity contribution is 6.00. The number of methoxy groups -OCH3 is 1. The van der Waals surface area contributed by atoms with E-state index in [4.69, 9.17) is 18.9 Å². The molecule has 0 bridgehead atoms. The topological polar surface area (TPSA) is 106 Å². The van der Waals surface area contributed by atoms with Crippen LogP contribution in [0.2, 0.25) is 0 Å². The van der Waals surface area contributed by atoms with Crippen molar-refractivity contribution in [2.75, 3.05) is 13.7 Å². The summed E-state index contributed by atoms with van der Waals surface area (Å²) in [5.41, 5.74) is -0.0610. The van der Waals surface area contributed by atoms with Gasteiger partial charge in [-0.3, -0.25) is 14.3 Å². The first-order valence-corrected chi connectivity index (χ1v) is 12.7. The predicted molar refractivity (Wildman–Crippen MR) is 143 cm³/mol. The zero-order valence-electron chi connectivity index (χ0n) is 22.2. The van der Waals surface area contributed by atoms with Gasteiger partial charge in [0.25, 0.3) is 5.56 Å². The van der Waals surface area contributed by atoms with Gasteiger partial charge in [0.15, 0.2) is 17.1 Å². The van der Waals surface area contributed by atoms with Crippen LogP contribution in [0.25, 0.3) is 11.0 Å². The van der Waals surface area contributed by atoms with Crippen molar-refractivity contribution in [2.45, 2.75) is 39.0 Å². The van der Waals surface area contributed by atoms with Gasteiger partial charge in [0, 0.05) is 18.2 Å². The number of halogens is 1. The third-order valence-electron chi connectivity index (χ3n) is 6.67. The van der Waals surface area contributed by atoms with Crippen LogP contribution in [-0.4, -0.2) is 40.8 Å². The number of carbonyl (C=O) groups excluding carboxylic acids is 2. The van der Waals surface area contributed by atoms with Crippen LogP contribution in [-0.2, 0) is 33.8 Å². The minimum Gasteiger partial charge on any atom is -0.485 e.